The SMILES string of the molecule is CC(C)[C@H](N)C(=O)OCC(C)(C)C#Cc1ccc2c(c1)N(C)C(=O)[C@H](NC(=O)c1cc(Oc3ccc(F)cc3)ccn1)CO2. The van der Waals surface area contributed by atoms with Gasteiger partial charge in [-0.3, -0.25) is 19.4 Å². The average Bonchev–Trinajstić information content (AvgIpc) is 3.11. The first-order valence-corrected chi connectivity index (χ1v) is 14.0. The molecule has 1 aromatic heterocycles. The highest BCUT2D eigenvalue weighted by molar-refractivity contribution is 6.03. The molecule has 2 amide bonds. The summed E-state index contributed by atoms with van der Waals surface area (Å²) in [6, 6.07) is 11.9. The number of pyridine rings is 1. The number of rotatable bonds is 8. The van der Waals surface area contributed by atoms with E-state index in [-0.39, 0.29) is 24.8 Å². The fourth-order valence-corrected chi connectivity index (χ4v) is 4.05. The summed E-state index contributed by atoms with van der Waals surface area (Å²) in [5.41, 5.74) is 6.34. The number of likely N-dealkylation sites (N-methyl/N-ethyl adjacent to an activating group) is 1. The van der Waals surface area contributed by atoms with Crippen molar-refractivity contribution in [3.05, 3.63) is 77.9 Å². The number of hydrogen-bond acceptors (Lipinski definition) is 8. The van der Waals surface area contributed by atoms with Crippen molar-refractivity contribution in [1.29, 1.82) is 0 Å². The molecule has 44 heavy (non-hydrogen) atoms. The van der Waals surface area contributed by atoms with Crippen LogP contribution < -0.4 is 25.4 Å². The number of amides is 2. The van der Waals surface area contributed by atoms with Crippen LogP contribution in [0.3, 0.4) is 0 Å². The fourth-order valence-electron chi connectivity index (χ4n) is 4.05. The van der Waals surface area contributed by atoms with Crippen LogP contribution in [0.25, 0.3) is 0 Å². The van der Waals surface area contributed by atoms with E-state index in [0.29, 0.717) is 28.5 Å². The Morgan fingerprint density at radius 3 is 2.59 bits per heavy atom. The Bertz CT molecular complexity index is 1600. The molecule has 10 nitrogen and oxygen atoms in total. The van der Waals surface area contributed by atoms with Gasteiger partial charge in [0, 0.05) is 24.9 Å². The molecule has 0 fully saturated rings. The van der Waals surface area contributed by atoms with Gasteiger partial charge in [-0.05, 0) is 68.3 Å². The van der Waals surface area contributed by atoms with Crippen LogP contribution in [0.2, 0.25) is 0 Å². The van der Waals surface area contributed by atoms with E-state index in [1.807, 2.05) is 27.7 Å². The molecular formula is C33H35FN4O6. The highest BCUT2D eigenvalue weighted by Crippen LogP contribution is 2.32. The van der Waals surface area contributed by atoms with Crippen LogP contribution in [0.1, 0.15) is 43.7 Å². The highest BCUT2D eigenvalue weighted by Gasteiger charge is 2.31. The van der Waals surface area contributed by atoms with Crippen molar-refractivity contribution in [3.8, 4) is 29.1 Å². The maximum Gasteiger partial charge on any atom is 0.323 e. The number of nitrogens with zero attached hydrogens (tertiary/aromatic N) is 2. The average molecular weight is 603 g/mol. The minimum Gasteiger partial charge on any atom is -0.489 e. The van der Waals surface area contributed by atoms with Gasteiger partial charge in [0.05, 0.1) is 11.1 Å². The largest absolute Gasteiger partial charge is 0.489 e. The molecule has 230 valence electrons. The van der Waals surface area contributed by atoms with Gasteiger partial charge >= 0.3 is 5.97 Å². The number of halogens is 1. The molecule has 4 rings (SSSR count). The Kier molecular flexibility index (Phi) is 9.86. The number of nitrogens with two attached hydrogens (primary N) is 1. The number of hydrogen-bond donors (Lipinski definition) is 2. The van der Waals surface area contributed by atoms with Crippen LogP contribution in [0.5, 0.6) is 17.2 Å². The second-order valence-corrected chi connectivity index (χ2v) is 11.4. The summed E-state index contributed by atoms with van der Waals surface area (Å²) in [6.45, 7) is 7.37. The van der Waals surface area contributed by atoms with Crippen molar-refractivity contribution in [3.63, 3.8) is 0 Å². The molecule has 11 heteroatoms. The molecule has 0 bridgehead atoms. The molecule has 0 radical (unpaired) electrons. The summed E-state index contributed by atoms with van der Waals surface area (Å²) in [5.74, 6) is 5.46. The zero-order valence-electron chi connectivity index (χ0n) is 25.2. The lowest BCUT2D eigenvalue weighted by molar-refractivity contribution is -0.148. The minimum absolute atomic E-state index is 0.0267. The van der Waals surface area contributed by atoms with Crippen molar-refractivity contribution in [2.75, 3.05) is 25.2 Å². The third kappa shape index (κ3) is 8.11. The van der Waals surface area contributed by atoms with Gasteiger partial charge < -0.3 is 30.2 Å². The van der Waals surface area contributed by atoms with Crippen LogP contribution in [-0.2, 0) is 14.3 Å². The van der Waals surface area contributed by atoms with Crippen LogP contribution in [0.4, 0.5) is 10.1 Å². The number of benzene rings is 2. The van der Waals surface area contributed by atoms with Crippen molar-refractivity contribution in [2.45, 2.75) is 39.8 Å². The number of anilines is 1. The molecule has 0 spiro atoms. The van der Waals surface area contributed by atoms with Gasteiger partial charge in [0.1, 0.15) is 54.1 Å². The zero-order valence-corrected chi connectivity index (χ0v) is 25.2. The smallest absolute Gasteiger partial charge is 0.323 e. The molecule has 3 N–H and O–H groups in total. The lowest BCUT2D eigenvalue weighted by atomic mass is 9.95. The number of fused-ring (bicyclic) bond motifs is 1. The predicted octanol–water partition coefficient (Wildman–Crippen LogP) is 4.07. The molecule has 1 aliphatic heterocycles. The summed E-state index contributed by atoms with van der Waals surface area (Å²) in [7, 11) is 1.59. The van der Waals surface area contributed by atoms with Crippen molar-refractivity contribution < 1.29 is 33.0 Å². The van der Waals surface area contributed by atoms with Gasteiger partial charge in [0.2, 0.25) is 0 Å². The summed E-state index contributed by atoms with van der Waals surface area (Å²) >= 11 is 0. The molecule has 2 aromatic carbocycles. The van der Waals surface area contributed by atoms with E-state index >= 15 is 0 Å². The number of aromatic nitrogens is 1. The molecule has 0 saturated carbocycles. The van der Waals surface area contributed by atoms with E-state index in [1.54, 1.807) is 31.3 Å². The lowest BCUT2D eigenvalue weighted by Gasteiger charge is -2.21. The Balaban J connectivity index is 1.42. The van der Waals surface area contributed by atoms with E-state index in [0.717, 1.165) is 0 Å². The zero-order chi connectivity index (χ0) is 32.0. The van der Waals surface area contributed by atoms with Gasteiger partial charge in [0.25, 0.3) is 11.8 Å². The number of nitrogens with one attached hydrogen (secondary N) is 1. The first-order valence-electron chi connectivity index (χ1n) is 14.0. The Morgan fingerprint density at radius 1 is 1.16 bits per heavy atom. The summed E-state index contributed by atoms with van der Waals surface area (Å²) in [6.07, 6.45) is 1.40. The van der Waals surface area contributed by atoms with Crippen LogP contribution >= 0.6 is 0 Å². The molecule has 2 atom stereocenters. The fraction of sp³-hybridized carbons (Fsp3) is 0.333. The second-order valence-electron chi connectivity index (χ2n) is 11.4. The number of carbonyl (C=O) groups excluding carboxylic acids is 3. The quantitative estimate of drug-likeness (QED) is 0.291. The maximum absolute atomic E-state index is 13.4. The van der Waals surface area contributed by atoms with Gasteiger partial charge in [-0.2, -0.15) is 0 Å². The molecule has 1 aliphatic rings. The van der Waals surface area contributed by atoms with Gasteiger partial charge in [-0.25, -0.2) is 4.39 Å². The van der Waals surface area contributed by atoms with Gasteiger partial charge in [0.15, 0.2) is 0 Å². The van der Waals surface area contributed by atoms with Crippen LogP contribution in [0.15, 0.2) is 60.8 Å². The molecule has 0 saturated heterocycles. The number of esters is 1. The van der Waals surface area contributed by atoms with Crippen molar-refractivity contribution in [2.24, 2.45) is 17.1 Å². The predicted molar refractivity (Wildman–Crippen MR) is 162 cm³/mol. The lowest BCUT2D eigenvalue weighted by Crippen LogP contribution is -2.49. The van der Waals surface area contributed by atoms with E-state index in [1.165, 1.54) is 41.4 Å². The minimum atomic E-state index is -0.997. The Morgan fingerprint density at radius 2 is 1.89 bits per heavy atom. The number of carbonyl (C=O) groups is 3. The third-order valence-corrected chi connectivity index (χ3v) is 6.78. The van der Waals surface area contributed by atoms with Crippen LogP contribution in [0, 0.1) is 29.0 Å². The van der Waals surface area contributed by atoms with E-state index < -0.39 is 41.1 Å². The monoisotopic (exact) mass is 602 g/mol. The van der Waals surface area contributed by atoms with Gasteiger partial charge in [-0.15, -0.1) is 0 Å². The van der Waals surface area contributed by atoms with E-state index in [9.17, 15) is 18.8 Å². The summed E-state index contributed by atoms with van der Waals surface area (Å²) < 4.78 is 30.1. The second kappa shape index (κ2) is 13.6. The van der Waals surface area contributed by atoms with Crippen molar-refractivity contribution in [1.82, 2.24) is 10.3 Å². The normalized spacial score (nSPS) is 15.2. The highest BCUT2D eigenvalue weighted by atomic mass is 19.1. The molecule has 0 unspecified atom stereocenters. The van der Waals surface area contributed by atoms with E-state index in [2.05, 4.69) is 22.1 Å². The Labute approximate surface area is 255 Å². The molecular weight excluding hydrogens is 567 g/mol. The Hall–Kier alpha value is -4.95. The first-order chi connectivity index (χ1) is 20.8. The topological polar surface area (TPSA) is 133 Å². The standard InChI is InChI=1S/C33H35FN4O6/c1-20(2)29(35)32(41)43-19-33(3,4)14-12-21-6-11-28-27(16-21)38(5)31(40)26(18-42-28)37-30(39)25-17-24(13-15-36-25)44-23-9-7-22(34)8-10-23/h6-11,13,15-17,20,26,29H,18-19,35H2,1-5H3,(H,37,39)/t26-,29+/m1/s1. The summed E-state index contributed by atoms with van der Waals surface area (Å²) in [4.78, 5) is 44.0. The number of ether oxygens (including phenoxy) is 3. The summed E-state index contributed by atoms with van der Waals surface area (Å²) in [5, 5.41) is 2.69. The third-order valence-electron chi connectivity index (χ3n) is 6.78. The molecule has 2 heterocycles. The molecule has 3 aromatic rings. The maximum atomic E-state index is 13.4. The van der Waals surface area contributed by atoms with E-state index in [4.69, 9.17) is 19.9 Å². The van der Waals surface area contributed by atoms with Gasteiger partial charge in [-0.1, -0.05) is 25.7 Å². The molecule has 0 aliphatic carbocycles. The van der Waals surface area contributed by atoms with Crippen molar-refractivity contribution >= 4 is 23.5 Å². The van der Waals surface area contributed by atoms with Crippen LogP contribution in [-0.4, -0.2) is 55.1 Å². The first kappa shape index (κ1) is 32.0.